The van der Waals surface area contributed by atoms with Crippen LogP contribution < -0.4 is 5.32 Å². The quantitative estimate of drug-likeness (QED) is 0.860. The van der Waals surface area contributed by atoms with Gasteiger partial charge in [-0.05, 0) is 25.5 Å². The number of carbonyl (C=O) groups is 1. The monoisotopic (exact) mass is 394 g/mol. The molecule has 0 unspecified atom stereocenters. The lowest BCUT2D eigenvalue weighted by Gasteiger charge is -2.32. The molecule has 1 saturated heterocycles. The third-order valence-corrected chi connectivity index (χ3v) is 6.40. The highest BCUT2D eigenvalue weighted by Crippen LogP contribution is 2.25. The van der Waals surface area contributed by atoms with Crippen molar-refractivity contribution in [2.45, 2.75) is 13.8 Å². The van der Waals surface area contributed by atoms with E-state index in [1.54, 1.807) is 10.3 Å². The summed E-state index contributed by atoms with van der Waals surface area (Å²) in [5.41, 5.74) is 3.65. The number of nitrogens with zero attached hydrogens (tertiary/aromatic N) is 3. The number of rotatable bonds is 4. The predicted octanol–water partition coefficient (Wildman–Crippen LogP) is 2.22. The van der Waals surface area contributed by atoms with Crippen molar-refractivity contribution >= 4 is 38.1 Å². The van der Waals surface area contributed by atoms with Gasteiger partial charge in [0, 0.05) is 37.2 Å². The third-order valence-electron chi connectivity index (χ3n) is 4.34. The van der Waals surface area contributed by atoms with Crippen molar-refractivity contribution in [3.8, 4) is 0 Å². The number of carbonyl (C=O) groups excluding carboxylic acids is 1. The molecule has 2 aromatic rings. The van der Waals surface area contributed by atoms with Crippen LogP contribution >= 0.6 is 11.3 Å². The Labute approximate surface area is 157 Å². The molecule has 1 aromatic heterocycles. The second kappa shape index (κ2) is 7.34. The normalized spacial score (nSPS) is 15.9. The summed E-state index contributed by atoms with van der Waals surface area (Å²) in [5.74, 6) is -0.164. The number of aryl methyl sites for hydroxylation is 2. The highest BCUT2D eigenvalue weighted by molar-refractivity contribution is 7.88. The number of hydrogen-bond donors (Lipinski definition) is 1. The fourth-order valence-electron chi connectivity index (χ4n) is 2.88. The van der Waals surface area contributed by atoms with E-state index in [4.69, 9.17) is 0 Å². The average Bonchev–Trinajstić information content (AvgIpc) is 3.05. The molecule has 26 heavy (non-hydrogen) atoms. The molecule has 0 atom stereocenters. The van der Waals surface area contributed by atoms with Crippen molar-refractivity contribution in [1.29, 1.82) is 0 Å². The van der Waals surface area contributed by atoms with Crippen LogP contribution in [-0.2, 0) is 10.0 Å². The fourth-order valence-corrected chi connectivity index (χ4v) is 4.41. The molecule has 0 aliphatic carbocycles. The van der Waals surface area contributed by atoms with Crippen LogP contribution in [0.25, 0.3) is 0 Å². The maximum absolute atomic E-state index is 12.6. The zero-order chi connectivity index (χ0) is 18.9. The maximum Gasteiger partial charge on any atom is 0.273 e. The van der Waals surface area contributed by atoms with E-state index < -0.39 is 10.0 Å². The van der Waals surface area contributed by atoms with Gasteiger partial charge in [0.2, 0.25) is 10.0 Å². The van der Waals surface area contributed by atoms with Gasteiger partial charge >= 0.3 is 0 Å². The van der Waals surface area contributed by atoms with Gasteiger partial charge in [0.15, 0.2) is 5.13 Å². The molecular formula is C17H22N4O3S2. The van der Waals surface area contributed by atoms with Gasteiger partial charge in [0.05, 0.1) is 6.26 Å². The van der Waals surface area contributed by atoms with Crippen molar-refractivity contribution in [3.63, 3.8) is 0 Å². The Kier molecular flexibility index (Phi) is 5.31. The summed E-state index contributed by atoms with van der Waals surface area (Å²) in [4.78, 5) is 18.7. The average molecular weight is 395 g/mol. The number of amides is 1. The van der Waals surface area contributed by atoms with Crippen LogP contribution in [0.3, 0.4) is 0 Å². The van der Waals surface area contributed by atoms with Crippen LogP contribution in [0.1, 0.15) is 21.6 Å². The molecule has 9 heteroatoms. The first kappa shape index (κ1) is 18.8. The van der Waals surface area contributed by atoms with E-state index in [9.17, 15) is 13.2 Å². The number of sulfonamides is 1. The highest BCUT2D eigenvalue weighted by Gasteiger charge is 2.27. The molecule has 0 spiro atoms. The van der Waals surface area contributed by atoms with Crippen molar-refractivity contribution in [1.82, 2.24) is 14.2 Å². The van der Waals surface area contributed by atoms with Crippen LogP contribution in [0.15, 0.2) is 23.6 Å². The largest absolute Gasteiger partial charge is 0.335 e. The van der Waals surface area contributed by atoms with Crippen LogP contribution in [0.4, 0.5) is 10.8 Å². The van der Waals surface area contributed by atoms with Crippen LogP contribution in [-0.4, -0.2) is 60.9 Å². The Balaban J connectivity index is 1.65. The molecule has 1 aromatic carbocycles. The second-order valence-corrected chi connectivity index (χ2v) is 9.28. The first-order valence-electron chi connectivity index (χ1n) is 8.28. The van der Waals surface area contributed by atoms with Crippen molar-refractivity contribution in [2.75, 3.05) is 37.8 Å². The Bertz CT molecular complexity index is 916. The molecule has 1 amide bonds. The van der Waals surface area contributed by atoms with Gasteiger partial charge in [-0.3, -0.25) is 4.79 Å². The molecular weight excluding hydrogens is 372 g/mol. The Morgan fingerprint density at radius 3 is 2.50 bits per heavy atom. The second-order valence-electron chi connectivity index (χ2n) is 6.44. The Morgan fingerprint density at radius 1 is 1.19 bits per heavy atom. The molecule has 1 aliphatic heterocycles. The lowest BCUT2D eigenvalue weighted by molar-refractivity contribution is 0.0693. The first-order valence-corrected chi connectivity index (χ1v) is 11.0. The van der Waals surface area contributed by atoms with E-state index in [2.05, 4.69) is 16.4 Å². The van der Waals surface area contributed by atoms with Gasteiger partial charge in [0.1, 0.15) is 5.69 Å². The van der Waals surface area contributed by atoms with Crippen molar-refractivity contribution in [3.05, 3.63) is 40.4 Å². The molecule has 0 radical (unpaired) electrons. The van der Waals surface area contributed by atoms with E-state index in [1.807, 2.05) is 26.0 Å². The topological polar surface area (TPSA) is 82.6 Å². The highest BCUT2D eigenvalue weighted by atomic mass is 32.2. The summed E-state index contributed by atoms with van der Waals surface area (Å²) < 4.78 is 24.5. The molecule has 0 saturated carbocycles. The van der Waals surface area contributed by atoms with Crippen LogP contribution in [0.2, 0.25) is 0 Å². The molecule has 140 valence electrons. The van der Waals surface area contributed by atoms with Crippen molar-refractivity contribution in [2.24, 2.45) is 0 Å². The van der Waals surface area contributed by atoms with E-state index in [-0.39, 0.29) is 5.91 Å². The van der Waals surface area contributed by atoms with E-state index in [1.165, 1.54) is 27.5 Å². The molecule has 1 N–H and O–H groups in total. The number of thiazole rings is 1. The third kappa shape index (κ3) is 4.22. The van der Waals surface area contributed by atoms with Gasteiger partial charge < -0.3 is 10.2 Å². The molecule has 7 nitrogen and oxygen atoms in total. The van der Waals surface area contributed by atoms with Gasteiger partial charge in [-0.25, -0.2) is 13.4 Å². The SMILES string of the molecule is Cc1ccc(Nc2nc(C(=O)N3CCN(S(C)(=O)=O)CC3)cs2)c(C)c1. The van der Waals surface area contributed by atoms with Crippen molar-refractivity contribution < 1.29 is 13.2 Å². The molecule has 2 heterocycles. The first-order chi connectivity index (χ1) is 12.2. The minimum absolute atomic E-state index is 0.164. The van der Waals surface area contributed by atoms with Crippen LogP contribution in [0.5, 0.6) is 0 Å². The maximum atomic E-state index is 12.6. The van der Waals surface area contributed by atoms with Gasteiger partial charge in [-0.2, -0.15) is 4.31 Å². The molecule has 1 aliphatic rings. The molecule has 3 rings (SSSR count). The number of piperazine rings is 1. The molecule has 1 fully saturated rings. The number of hydrogen-bond acceptors (Lipinski definition) is 6. The summed E-state index contributed by atoms with van der Waals surface area (Å²) >= 11 is 1.38. The summed E-state index contributed by atoms with van der Waals surface area (Å²) in [6.07, 6.45) is 1.19. The van der Waals surface area contributed by atoms with E-state index in [0.29, 0.717) is 37.0 Å². The number of aromatic nitrogens is 1. The predicted molar refractivity (Wildman–Crippen MR) is 104 cm³/mol. The minimum Gasteiger partial charge on any atom is -0.335 e. The lowest BCUT2D eigenvalue weighted by Crippen LogP contribution is -2.50. The van der Waals surface area contributed by atoms with Gasteiger partial charge in [-0.15, -0.1) is 11.3 Å². The van der Waals surface area contributed by atoms with Crippen LogP contribution in [0, 0.1) is 13.8 Å². The number of nitrogens with one attached hydrogen (secondary N) is 1. The van der Waals surface area contributed by atoms with Gasteiger partial charge in [0.25, 0.3) is 5.91 Å². The Hall–Kier alpha value is -1.97. The number of anilines is 2. The van der Waals surface area contributed by atoms with E-state index >= 15 is 0 Å². The summed E-state index contributed by atoms with van der Waals surface area (Å²) in [6.45, 7) is 5.47. The zero-order valence-corrected chi connectivity index (χ0v) is 16.7. The summed E-state index contributed by atoms with van der Waals surface area (Å²) in [7, 11) is -3.21. The zero-order valence-electron chi connectivity index (χ0n) is 15.0. The molecule has 0 bridgehead atoms. The number of benzene rings is 1. The smallest absolute Gasteiger partial charge is 0.273 e. The lowest BCUT2D eigenvalue weighted by atomic mass is 10.1. The summed E-state index contributed by atoms with van der Waals surface area (Å²) in [5, 5.41) is 5.65. The summed E-state index contributed by atoms with van der Waals surface area (Å²) in [6, 6.07) is 6.11. The fraction of sp³-hybridized carbons (Fsp3) is 0.412. The van der Waals surface area contributed by atoms with E-state index in [0.717, 1.165) is 11.3 Å². The Morgan fingerprint density at radius 2 is 1.88 bits per heavy atom. The minimum atomic E-state index is -3.21. The standard InChI is InChI=1S/C17H22N4O3S2/c1-12-4-5-14(13(2)10-12)18-17-19-15(11-25-17)16(22)20-6-8-21(9-7-20)26(3,23)24/h4-5,10-11H,6-9H2,1-3H3,(H,18,19). The van der Waals surface area contributed by atoms with Gasteiger partial charge in [-0.1, -0.05) is 17.7 Å².